The van der Waals surface area contributed by atoms with Crippen LogP contribution >= 0.6 is 15.9 Å². The smallest absolute Gasteiger partial charge is 0.0460 e. The highest BCUT2D eigenvalue weighted by molar-refractivity contribution is 9.11. The van der Waals surface area contributed by atoms with Crippen molar-refractivity contribution in [3.05, 3.63) is 35.1 Å². The summed E-state index contributed by atoms with van der Waals surface area (Å²) in [5.41, 5.74) is 2.19. The van der Waals surface area contributed by atoms with E-state index in [-0.39, 0.29) is 0 Å². The van der Waals surface area contributed by atoms with Gasteiger partial charge in [-0.25, -0.2) is 0 Å². The standard InChI is InChI=1S/C10H13BrN2/c1-3-9-6-10(4-5-12-9)13-7-8(2)11/h4-6H,2-3,7H2,1H3,(H,12,13). The minimum Gasteiger partial charge on any atom is -0.380 e. The predicted molar refractivity (Wildman–Crippen MR) is 60.2 cm³/mol. The van der Waals surface area contributed by atoms with Gasteiger partial charge in [0.2, 0.25) is 0 Å². The van der Waals surface area contributed by atoms with E-state index >= 15 is 0 Å². The van der Waals surface area contributed by atoms with E-state index in [2.05, 4.69) is 45.8 Å². The zero-order valence-corrected chi connectivity index (χ0v) is 9.26. The molecule has 0 aromatic carbocycles. The molecule has 0 saturated heterocycles. The van der Waals surface area contributed by atoms with E-state index in [1.54, 1.807) is 0 Å². The van der Waals surface area contributed by atoms with Crippen molar-refractivity contribution in [2.75, 3.05) is 11.9 Å². The Kier molecular flexibility index (Phi) is 3.96. The number of aromatic nitrogens is 1. The Morgan fingerprint density at radius 3 is 3.08 bits per heavy atom. The van der Waals surface area contributed by atoms with Crippen LogP contribution in [0, 0.1) is 0 Å². The number of aryl methyl sites for hydroxylation is 1. The van der Waals surface area contributed by atoms with E-state index in [4.69, 9.17) is 0 Å². The number of anilines is 1. The molecule has 0 saturated carbocycles. The van der Waals surface area contributed by atoms with Gasteiger partial charge in [0.1, 0.15) is 0 Å². The Labute approximate surface area is 87.2 Å². The van der Waals surface area contributed by atoms with Crippen LogP contribution in [0.4, 0.5) is 5.69 Å². The van der Waals surface area contributed by atoms with E-state index in [1.807, 2.05) is 12.3 Å². The Balaban J connectivity index is 2.61. The van der Waals surface area contributed by atoms with Crippen LogP contribution in [-0.2, 0) is 6.42 Å². The maximum absolute atomic E-state index is 4.21. The van der Waals surface area contributed by atoms with Crippen molar-refractivity contribution in [1.29, 1.82) is 0 Å². The molecular weight excluding hydrogens is 228 g/mol. The molecule has 2 nitrogen and oxygen atoms in total. The van der Waals surface area contributed by atoms with E-state index in [1.165, 1.54) is 0 Å². The summed E-state index contributed by atoms with van der Waals surface area (Å²) >= 11 is 3.29. The Bertz CT molecular complexity index is 297. The second kappa shape index (κ2) is 5.02. The third kappa shape index (κ3) is 3.59. The van der Waals surface area contributed by atoms with Gasteiger partial charge in [-0.3, -0.25) is 4.98 Å². The van der Waals surface area contributed by atoms with Crippen LogP contribution in [-0.4, -0.2) is 11.5 Å². The molecule has 3 heteroatoms. The quantitative estimate of drug-likeness (QED) is 0.876. The number of rotatable bonds is 4. The maximum atomic E-state index is 4.21. The average Bonchev–Trinajstić information content (AvgIpc) is 2.15. The molecule has 1 aromatic rings. The van der Waals surface area contributed by atoms with Crippen LogP contribution in [0.2, 0.25) is 0 Å². The Morgan fingerprint density at radius 2 is 2.46 bits per heavy atom. The van der Waals surface area contributed by atoms with Crippen LogP contribution in [0.15, 0.2) is 29.4 Å². The molecular formula is C10H13BrN2. The molecule has 13 heavy (non-hydrogen) atoms. The van der Waals surface area contributed by atoms with Crippen molar-refractivity contribution in [2.24, 2.45) is 0 Å². The molecule has 0 aliphatic carbocycles. The minimum absolute atomic E-state index is 0.743. The van der Waals surface area contributed by atoms with Crippen molar-refractivity contribution in [3.8, 4) is 0 Å². The normalized spacial score (nSPS) is 9.69. The van der Waals surface area contributed by atoms with Gasteiger partial charge in [0, 0.05) is 28.6 Å². The summed E-state index contributed by atoms with van der Waals surface area (Å²) in [6.07, 6.45) is 2.78. The lowest BCUT2D eigenvalue weighted by Gasteiger charge is -2.05. The van der Waals surface area contributed by atoms with Crippen LogP contribution in [0.5, 0.6) is 0 Å². The molecule has 0 aliphatic rings. The van der Waals surface area contributed by atoms with Gasteiger partial charge < -0.3 is 5.32 Å². The van der Waals surface area contributed by atoms with Gasteiger partial charge >= 0.3 is 0 Å². The van der Waals surface area contributed by atoms with E-state index in [9.17, 15) is 0 Å². The van der Waals surface area contributed by atoms with E-state index < -0.39 is 0 Å². The summed E-state index contributed by atoms with van der Waals surface area (Å²) in [5, 5.41) is 3.23. The zero-order chi connectivity index (χ0) is 9.68. The lowest BCUT2D eigenvalue weighted by molar-refractivity contribution is 1.03. The average molecular weight is 241 g/mol. The van der Waals surface area contributed by atoms with Crippen LogP contribution < -0.4 is 5.32 Å². The fourth-order valence-electron chi connectivity index (χ4n) is 0.979. The minimum atomic E-state index is 0.743. The van der Waals surface area contributed by atoms with Gasteiger partial charge in [-0.1, -0.05) is 29.4 Å². The van der Waals surface area contributed by atoms with Crippen molar-refractivity contribution in [2.45, 2.75) is 13.3 Å². The van der Waals surface area contributed by atoms with E-state index in [0.29, 0.717) is 0 Å². The molecule has 1 rings (SSSR count). The molecule has 1 aromatic heterocycles. The first-order chi connectivity index (χ1) is 6.22. The van der Waals surface area contributed by atoms with Gasteiger partial charge in [0.05, 0.1) is 0 Å². The molecule has 0 amide bonds. The number of hydrogen-bond donors (Lipinski definition) is 1. The molecule has 0 fully saturated rings. The predicted octanol–water partition coefficient (Wildman–Crippen LogP) is 2.96. The third-order valence-electron chi connectivity index (χ3n) is 1.66. The van der Waals surface area contributed by atoms with Crippen molar-refractivity contribution < 1.29 is 0 Å². The van der Waals surface area contributed by atoms with Gasteiger partial charge in [-0.2, -0.15) is 0 Å². The summed E-state index contributed by atoms with van der Waals surface area (Å²) in [7, 11) is 0. The maximum Gasteiger partial charge on any atom is 0.0460 e. The largest absolute Gasteiger partial charge is 0.380 e. The highest BCUT2D eigenvalue weighted by Gasteiger charge is 1.94. The molecule has 0 spiro atoms. The summed E-state index contributed by atoms with van der Waals surface area (Å²) in [5.74, 6) is 0. The van der Waals surface area contributed by atoms with Crippen molar-refractivity contribution in [1.82, 2.24) is 4.98 Å². The third-order valence-corrected chi connectivity index (χ3v) is 1.94. The molecule has 0 bridgehead atoms. The second-order valence-corrected chi connectivity index (χ2v) is 3.88. The van der Waals surface area contributed by atoms with E-state index in [0.717, 1.165) is 28.8 Å². The van der Waals surface area contributed by atoms with Crippen molar-refractivity contribution >= 4 is 21.6 Å². The molecule has 1 heterocycles. The number of hydrogen-bond acceptors (Lipinski definition) is 2. The fourth-order valence-corrected chi connectivity index (χ4v) is 1.12. The number of pyridine rings is 1. The Hall–Kier alpha value is -0.830. The lowest BCUT2D eigenvalue weighted by Crippen LogP contribution is -2.01. The topological polar surface area (TPSA) is 24.9 Å². The summed E-state index contributed by atoms with van der Waals surface area (Å²) in [6, 6.07) is 4.00. The summed E-state index contributed by atoms with van der Waals surface area (Å²) in [4.78, 5) is 4.21. The second-order valence-electron chi connectivity index (χ2n) is 2.76. The van der Waals surface area contributed by atoms with Crippen LogP contribution in [0.25, 0.3) is 0 Å². The zero-order valence-electron chi connectivity index (χ0n) is 7.68. The molecule has 70 valence electrons. The number of nitrogens with zero attached hydrogens (tertiary/aromatic N) is 1. The molecule has 0 radical (unpaired) electrons. The number of nitrogens with one attached hydrogen (secondary N) is 1. The van der Waals surface area contributed by atoms with Crippen molar-refractivity contribution in [3.63, 3.8) is 0 Å². The first kappa shape index (κ1) is 10.3. The van der Waals surface area contributed by atoms with Crippen LogP contribution in [0.3, 0.4) is 0 Å². The molecule has 1 N–H and O–H groups in total. The fraction of sp³-hybridized carbons (Fsp3) is 0.300. The summed E-state index contributed by atoms with van der Waals surface area (Å²) in [6.45, 7) is 6.59. The summed E-state index contributed by atoms with van der Waals surface area (Å²) < 4.78 is 0.947. The Morgan fingerprint density at radius 1 is 1.69 bits per heavy atom. The number of halogens is 1. The molecule has 0 aliphatic heterocycles. The van der Waals surface area contributed by atoms with Gasteiger partial charge in [-0.15, -0.1) is 0 Å². The first-order valence-electron chi connectivity index (χ1n) is 4.24. The van der Waals surface area contributed by atoms with Gasteiger partial charge in [0.15, 0.2) is 0 Å². The first-order valence-corrected chi connectivity index (χ1v) is 5.03. The highest BCUT2D eigenvalue weighted by atomic mass is 79.9. The van der Waals surface area contributed by atoms with Crippen LogP contribution in [0.1, 0.15) is 12.6 Å². The monoisotopic (exact) mass is 240 g/mol. The molecule has 0 atom stereocenters. The lowest BCUT2D eigenvalue weighted by atomic mass is 10.2. The van der Waals surface area contributed by atoms with Gasteiger partial charge in [-0.05, 0) is 18.6 Å². The molecule has 0 unspecified atom stereocenters. The highest BCUT2D eigenvalue weighted by Crippen LogP contribution is 2.10. The van der Waals surface area contributed by atoms with Gasteiger partial charge in [0.25, 0.3) is 0 Å². The SMILES string of the molecule is C=C(Br)CNc1ccnc(CC)c1.